The van der Waals surface area contributed by atoms with Crippen molar-refractivity contribution in [3.63, 3.8) is 0 Å². The molecule has 0 saturated heterocycles. The number of Topliss-reactive ketones (excluding diaryl/α,β-unsaturated/α-hetero) is 1. The van der Waals surface area contributed by atoms with Crippen LogP contribution in [0.5, 0.6) is 0 Å². The van der Waals surface area contributed by atoms with Crippen LogP contribution in [0, 0.1) is 22.9 Å². The predicted molar refractivity (Wildman–Crippen MR) is 208 cm³/mol. The Balaban J connectivity index is 1.34. The van der Waals surface area contributed by atoms with Crippen LogP contribution in [0.3, 0.4) is 0 Å². The molecular formula is C45H42OSi2. The van der Waals surface area contributed by atoms with Crippen molar-refractivity contribution < 1.29 is 4.79 Å². The zero-order valence-corrected chi connectivity index (χ0v) is 29.7. The van der Waals surface area contributed by atoms with E-state index in [0.717, 1.165) is 48.9 Å². The Morgan fingerprint density at radius 2 is 0.833 bits per heavy atom. The third kappa shape index (κ3) is 6.58. The van der Waals surface area contributed by atoms with E-state index in [1.165, 1.54) is 31.9 Å². The molecule has 0 unspecified atom stereocenters. The molecule has 0 aromatic heterocycles. The van der Waals surface area contributed by atoms with Crippen molar-refractivity contribution in [2.75, 3.05) is 0 Å². The average Bonchev–Trinajstić information content (AvgIpc) is 3.42. The summed E-state index contributed by atoms with van der Waals surface area (Å²) in [6, 6.07) is 44.3. The van der Waals surface area contributed by atoms with Gasteiger partial charge in [-0.1, -0.05) is 133 Å². The van der Waals surface area contributed by atoms with Crippen LogP contribution in [0.1, 0.15) is 38.5 Å². The van der Waals surface area contributed by atoms with Gasteiger partial charge in [0.25, 0.3) is 0 Å². The number of carbonyl (C=O) groups excluding carboxylic acids is 1. The van der Waals surface area contributed by atoms with Crippen LogP contribution in [0.4, 0.5) is 0 Å². The highest BCUT2D eigenvalue weighted by Crippen LogP contribution is 2.41. The van der Waals surface area contributed by atoms with E-state index in [1.807, 2.05) is 12.2 Å². The summed E-state index contributed by atoms with van der Waals surface area (Å²) in [5.74, 6) is 7.35. The zero-order valence-electron chi connectivity index (χ0n) is 27.7. The van der Waals surface area contributed by atoms with Gasteiger partial charge in [-0.2, -0.15) is 0 Å². The van der Waals surface area contributed by atoms with E-state index in [2.05, 4.69) is 157 Å². The first kappa shape index (κ1) is 33.0. The predicted octanol–water partition coefficient (Wildman–Crippen LogP) is 7.50. The average molecular weight is 655 g/mol. The second-order valence-electron chi connectivity index (χ2n) is 12.7. The van der Waals surface area contributed by atoms with Crippen molar-refractivity contribution >= 4 is 42.7 Å². The van der Waals surface area contributed by atoms with Gasteiger partial charge in [0, 0.05) is 24.0 Å². The van der Waals surface area contributed by atoms with Crippen LogP contribution in [0.25, 0.3) is 0 Å². The maximum Gasteiger partial charge on any atom is 0.202 e. The molecule has 0 N–H and O–H groups in total. The van der Waals surface area contributed by atoms with E-state index in [9.17, 15) is 4.79 Å². The molecule has 0 atom stereocenters. The summed E-state index contributed by atoms with van der Waals surface area (Å²) in [5, 5.41) is 5.09. The van der Waals surface area contributed by atoms with E-state index < -0.39 is 16.1 Å². The number of hydrogen-bond acceptors (Lipinski definition) is 1. The third-order valence-electron chi connectivity index (χ3n) is 9.85. The minimum atomic E-state index is -2.47. The van der Waals surface area contributed by atoms with E-state index in [0.29, 0.717) is 12.8 Å². The maximum atomic E-state index is 14.3. The summed E-state index contributed by atoms with van der Waals surface area (Å²) in [7, 11) is -4.94. The number of rotatable bonds is 10. The van der Waals surface area contributed by atoms with Gasteiger partial charge in [0.1, 0.15) is 0 Å². The fourth-order valence-electron chi connectivity index (χ4n) is 7.49. The van der Waals surface area contributed by atoms with E-state index in [4.69, 9.17) is 0 Å². The van der Waals surface area contributed by atoms with Gasteiger partial charge in [-0.3, -0.25) is 4.79 Å². The van der Waals surface area contributed by atoms with Gasteiger partial charge in [0.05, 0.1) is 0 Å². The molecule has 2 aliphatic carbocycles. The fraction of sp³-hybridized carbons (Fsp3) is 0.178. The molecule has 4 aromatic rings. The summed E-state index contributed by atoms with van der Waals surface area (Å²) in [6.45, 7) is 8.27. The largest absolute Gasteiger partial charge is 0.289 e. The smallest absolute Gasteiger partial charge is 0.202 e. The molecule has 236 valence electrons. The molecule has 2 aliphatic rings. The standard InChI is InChI=1S/C45H42OSi2/c1-3-33-47(37-21-9-5-10-22-37,38-23-11-6-12-24-38)35-19-31-43-41-29-17-18-30-42(41)44(45(43)46)32-20-36-48(34-4-2,39-25-13-7-14-26-39)40-27-15-8-16-28-40/h3-16,21-28H,1-2,17-18,29-34H2. The summed E-state index contributed by atoms with van der Waals surface area (Å²) in [6.07, 6.45) is 9.11. The topological polar surface area (TPSA) is 17.1 Å². The van der Waals surface area contributed by atoms with Gasteiger partial charge in [0.15, 0.2) is 5.78 Å². The fourth-order valence-corrected chi connectivity index (χ4v) is 14.6. The van der Waals surface area contributed by atoms with Crippen molar-refractivity contribution in [1.82, 2.24) is 0 Å². The first-order valence-corrected chi connectivity index (χ1v) is 21.5. The Bertz CT molecular complexity index is 1740. The molecule has 3 heteroatoms. The normalized spacial score (nSPS) is 14.4. The minimum absolute atomic E-state index is 0.163. The lowest BCUT2D eigenvalue weighted by atomic mass is 9.88. The van der Waals surface area contributed by atoms with Gasteiger partial charge in [0.2, 0.25) is 16.1 Å². The van der Waals surface area contributed by atoms with Crippen LogP contribution in [0.2, 0.25) is 12.1 Å². The molecule has 0 aliphatic heterocycles. The highest BCUT2D eigenvalue weighted by molar-refractivity contribution is 7.09. The second-order valence-corrected chi connectivity index (χ2v) is 19.9. The first-order valence-electron chi connectivity index (χ1n) is 17.1. The number of benzene rings is 4. The quantitative estimate of drug-likeness (QED) is 0.0984. The maximum absolute atomic E-state index is 14.3. The molecule has 48 heavy (non-hydrogen) atoms. The molecular weight excluding hydrogens is 613 g/mol. The van der Waals surface area contributed by atoms with Crippen LogP contribution in [-0.4, -0.2) is 21.9 Å². The number of ketones is 1. The van der Waals surface area contributed by atoms with Crippen molar-refractivity contribution in [3.8, 4) is 22.9 Å². The summed E-state index contributed by atoms with van der Waals surface area (Å²) >= 11 is 0. The third-order valence-corrected chi connectivity index (χ3v) is 18.1. The van der Waals surface area contributed by atoms with E-state index in [1.54, 1.807) is 0 Å². The Labute approximate surface area is 288 Å². The zero-order chi connectivity index (χ0) is 33.2. The van der Waals surface area contributed by atoms with Crippen LogP contribution in [-0.2, 0) is 4.79 Å². The lowest BCUT2D eigenvalue weighted by Crippen LogP contribution is -2.57. The molecule has 0 amide bonds. The van der Waals surface area contributed by atoms with E-state index in [-0.39, 0.29) is 5.78 Å². The van der Waals surface area contributed by atoms with Gasteiger partial charge in [-0.05, 0) is 69.7 Å². The minimum Gasteiger partial charge on any atom is -0.289 e. The van der Waals surface area contributed by atoms with Crippen molar-refractivity contribution in [1.29, 1.82) is 0 Å². The number of fused-ring (bicyclic) bond motifs is 1. The van der Waals surface area contributed by atoms with Crippen LogP contribution < -0.4 is 20.7 Å². The highest BCUT2D eigenvalue weighted by Gasteiger charge is 2.37. The summed E-state index contributed by atoms with van der Waals surface area (Å²) in [4.78, 5) is 14.3. The molecule has 1 fully saturated rings. The molecule has 0 heterocycles. The Hall–Kier alpha value is -4.94. The van der Waals surface area contributed by atoms with Gasteiger partial charge in [-0.15, -0.1) is 36.1 Å². The van der Waals surface area contributed by atoms with Crippen LogP contribution >= 0.6 is 0 Å². The van der Waals surface area contributed by atoms with E-state index >= 15 is 0 Å². The Morgan fingerprint density at radius 1 is 0.521 bits per heavy atom. The number of hydrogen-bond donors (Lipinski definition) is 0. The Kier molecular flexibility index (Phi) is 10.5. The first-order chi connectivity index (χ1) is 23.6. The molecule has 6 rings (SSSR count). The molecule has 0 spiro atoms. The lowest BCUT2D eigenvalue weighted by Gasteiger charge is -2.26. The molecule has 4 aromatic carbocycles. The van der Waals surface area contributed by atoms with Crippen molar-refractivity contribution in [2.45, 2.75) is 50.6 Å². The van der Waals surface area contributed by atoms with Crippen molar-refractivity contribution in [3.05, 3.63) is 169 Å². The molecule has 0 radical (unpaired) electrons. The van der Waals surface area contributed by atoms with Gasteiger partial charge in [-0.25, -0.2) is 0 Å². The summed E-state index contributed by atoms with van der Waals surface area (Å²) in [5.41, 5.74) is 11.9. The van der Waals surface area contributed by atoms with Gasteiger partial charge >= 0.3 is 0 Å². The molecule has 1 saturated carbocycles. The molecule has 1 nitrogen and oxygen atoms in total. The van der Waals surface area contributed by atoms with Gasteiger partial charge < -0.3 is 0 Å². The number of allylic oxidation sites excluding steroid dienone is 6. The molecule has 0 bridgehead atoms. The summed E-state index contributed by atoms with van der Waals surface area (Å²) < 4.78 is 0. The second kappa shape index (κ2) is 15.3. The van der Waals surface area contributed by atoms with Crippen molar-refractivity contribution in [2.24, 2.45) is 0 Å². The lowest BCUT2D eigenvalue weighted by molar-refractivity contribution is -0.112. The highest BCUT2D eigenvalue weighted by atomic mass is 28.3. The van der Waals surface area contributed by atoms with Crippen LogP contribution in [0.15, 0.2) is 169 Å². The monoisotopic (exact) mass is 654 g/mol. The Morgan fingerprint density at radius 3 is 1.12 bits per heavy atom. The number of carbonyl (C=O) groups is 1. The SMILES string of the molecule is C=CC[Si](C#CCC1=C2CCCCC2=C(CC#C[Si](CC=C)(c2ccccc2)c2ccccc2)C1=O)(c1ccccc1)c1ccccc1.